The molecule has 0 unspecified atom stereocenters. The Morgan fingerprint density at radius 1 is 1.07 bits per heavy atom. The van der Waals surface area contributed by atoms with Crippen LogP contribution in [0, 0.1) is 5.82 Å². The minimum absolute atomic E-state index is 0.00192. The van der Waals surface area contributed by atoms with Gasteiger partial charge < -0.3 is 19.3 Å². The third-order valence-corrected chi connectivity index (χ3v) is 5.52. The molecule has 0 aromatic heterocycles. The van der Waals surface area contributed by atoms with Gasteiger partial charge >= 0.3 is 0 Å². The number of hydrogen-bond acceptors (Lipinski definition) is 4. The van der Waals surface area contributed by atoms with Crippen LogP contribution in [0.5, 0.6) is 5.75 Å². The fraction of sp³-hybridized carbons (Fsp3) is 0.364. The maximum absolute atomic E-state index is 13.2. The van der Waals surface area contributed by atoms with E-state index in [9.17, 15) is 14.0 Å². The minimum atomic E-state index is -0.487. The van der Waals surface area contributed by atoms with Crippen molar-refractivity contribution in [2.75, 3.05) is 37.7 Å². The van der Waals surface area contributed by atoms with Crippen molar-refractivity contribution in [1.29, 1.82) is 0 Å². The monoisotopic (exact) mass is 398 g/mol. The van der Waals surface area contributed by atoms with Crippen LogP contribution >= 0.6 is 0 Å². The van der Waals surface area contributed by atoms with E-state index in [2.05, 4.69) is 0 Å². The van der Waals surface area contributed by atoms with Crippen LogP contribution in [0.4, 0.5) is 10.1 Å². The van der Waals surface area contributed by atoms with Gasteiger partial charge in [0, 0.05) is 18.8 Å². The lowest BCUT2D eigenvalue weighted by Gasteiger charge is -2.46. The molecule has 0 N–H and O–H groups in total. The fourth-order valence-corrected chi connectivity index (χ4v) is 3.79. The van der Waals surface area contributed by atoms with Gasteiger partial charge in [0.25, 0.3) is 11.8 Å². The maximum Gasteiger partial charge on any atom is 0.260 e. The zero-order valence-electron chi connectivity index (χ0n) is 16.1. The van der Waals surface area contributed by atoms with Crippen LogP contribution in [0.15, 0.2) is 54.6 Å². The van der Waals surface area contributed by atoms with Gasteiger partial charge in [-0.1, -0.05) is 18.2 Å². The molecule has 1 spiro atoms. The number of anilines is 1. The summed E-state index contributed by atoms with van der Waals surface area (Å²) >= 11 is 0. The Balaban J connectivity index is 1.34. The number of likely N-dealkylation sites (tertiary alicyclic amines) is 1. The van der Waals surface area contributed by atoms with E-state index in [1.807, 2.05) is 30.3 Å². The number of ether oxygens (including phenoxy) is 2. The van der Waals surface area contributed by atoms with Crippen LogP contribution < -0.4 is 9.64 Å². The van der Waals surface area contributed by atoms with Crippen LogP contribution in [0.3, 0.4) is 0 Å². The lowest BCUT2D eigenvalue weighted by atomic mass is 9.89. The number of amides is 2. The maximum atomic E-state index is 13.2. The van der Waals surface area contributed by atoms with E-state index in [0.717, 1.165) is 0 Å². The first-order valence-corrected chi connectivity index (χ1v) is 9.70. The van der Waals surface area contributed by atoms with E-state index in [4.69, 9.17) is 9.47 Å². The van der Waals surface area contributed by atoms with Crippen molar-refractivity contribution in [2.24, 2.45) is 0 Å². The van der Waals surface area contributed by atoms with Gasteiger partial charge in [0.2, 0.25) is 0 Å². The number of para-hydroxylation sites is 1. The van der Waals surface area contributed by atoms with Gasteiger partial charge in [0.15, 0.2) is 6.61 Å². The number of carbonyl (C=O) groups excluding carboxylic acids is 2. The van der Waals surface area contributed by atoms with Crippen LogP contribution in [0.25, 0.3) is 0 Å². The van der Waals surface area contributed by atoms with Gasteiger partial charge in [0.1, 0.15) is 18.2 Å². The molecule has 2 aliphatic heterocycles. The molecule has 0 aliphatic carbocycles. The summed E-state index contributed by atoms with van der Waals surface area (Å²) < 4.78 is 24.7. The standard InChI is InChI=1S/C22H23FN2O4/c23-17-6-8-18(9-7-17)25-16-22(29-15-21(25)27)10-12-24(13-11-22)20(26)14-28-19-4-2-1-3-5-19/h1-9H,10-16H2. The second-order valence-electron chi connectivity index (χ2n) is 7.41. The zero-order chi connectivity index (χ0) is 20.3. The highest BCUT2D eigenvalue weighted by molar-refractivity contribution is 5.95. The normalized spacial score (nSPS) is 18.7. The number of rotatable bonds is 4. The Morgan fingerprint density at radius 2 is 1.76 bits per heavy atom. The van der Waals surface area contributed by atoms with Gasteiger partial charge in [-0.05, 0) is 49.2 Å². The molecule has 0 saturated carbocycles. The number of halogens is 1. The highest BCUT2D eigenvalue weighted by Gasteiger charge is 2.43. The summed E-state index contributed by atoms with van der Waals surface area (Å²) in [6.07, 6.45) is 1.27. The number of carbonyl (C=O) groups is 2. The van der Waals surface area contributed by atoms with Crippen molar-refractivity contribution in [2.45, 2.75) is 18.4 Å². The van der Waals surface area contributed by atoms with E-state index >= 15 is 0 Å². The zero-order valence-corrected chi connectivity index (χ0v) is 16.1. The Kier molecular flexibility index (Phi) is 5.49. The highest BCUT2D eigenvalue weighted by atomic mass is 19.1. The predicted octanol–water partition coefficient (Wildman–Crippen LogP) is 2.63. The largest absolute Gasteiger partial charge is 0.484 e. The molecule has 2 amide bonds. The predicted molar refractivity (Wildman–Crippen MR) is 105 cm³/mol. The van der Waals surface area contributed by atoms with Crippen molar-refractivity contribution in [3.05, 3.63) is 60.4 Å². The van der Waals surface area contributed by atoms with Crippen molar-refractivity contribution in [3.63, 3.8) is 0 Å². The Hall–Kier alpha value is -2.93. The average molecular weight is 398 g/mol. The number of piperidine rings is 1. The van der Waals surface area contributed by atoms with Crippen LogP contribution in [0.2, 0.25) is 0 Å². The summed E-state index contributed by atoms with van der Waals surface area (Å²) in [5.41, 5.74) is 0.174. The van der Waals surface area contributed by atoms with E-state index in [-0.39, 0.29) is 30.8 Å². The summed E-state index contributed by atoms with van der Waals surface area (Å²) in [5.74, 6) is 0.120. The minimum Gasteiger partial charge on any atom is -0.484 e. The molecule has 0 bridgehead atoms. The van der Waals surface area contributed by atoms with Crippen LogP contribution in [-0.4, -0.2) is 55.2 Å². The topological polar surface area (TPSA) is 59.1 Å². The molecule has 0 radical (unpaired) electrons. The first kappa shape index (κ1) is 19.4. The number of morpholine rings is 1. The third-order valence-electron chi connectivity index (χ3n) is 5.52. The molecule has 0 atom stereocenters. The summed E-state index contributed by atoms with van der Waals surface area (Å²) in [6, 6.07) is 15.1. The Morgan fingerprint density at radius 3 is 2.45 bits per heavy atom. The highest BCUT2D eigenvalue weighted by Crippen LogP contribution is 2.33. The van der Waals surface area contributed by atoms with Gasteiger partial charge in [-0.25, -0.2) is 4.39 Å². The molecule has 152 valence electrons. The molecule has 4 rings (SSSR count). The van der Waals surface area contributed by atoms with E-state index in [1.54, 1.807) is 21.9 Å². The summed E-state index contributed by atoms with van der Waals surface area (Å²) in [5, 5.41) is 0. The lowest BCUT2D eigenvalue weighted by molar-refractivity contribution is -0.151. The summed E-state index contributed by atoms with van der Waals surface area (Å²) in [4.78, 5) is 28.2. The molecular weight excluding hydrogens is 375 g/mol. The first-order chi connectivity index (χ1) is 14.0. The number of hydrogen-bond donors (Lipinski definition) is 0. The number of benzene rings is 2. The number of nitrogens with zero attached hydrogens (tertiary/aromatic N) is 2. The molecule has 2 aliphatic rings. The molecule has 2 heterocycles. The Labute approximate surface area is 168 Å². The first-order valence-electron chi connectivity index (χ1n) is 9.70. The van der Waals surface area contributed by atoms with Crippen LogP contribution in [0.1, 0.15) is 12.8 Å². The molecule has 2 fully saturated rings. The second-order valence-corrected chi connectivity index (χ2v) is 7.41. The van der Waals surface area contributed by atoms with Crippen molar-refractivity contribution < 1.29 is 23.5 Å². The Bertz CT molecular complexity index is 864. The van der Waals surface area contributed by atoms with E-state index in [1.165, 1.54) is 12.1 Å². The molecule has 7 heteroatoms. The molecule has 2 saturated heterocycles. The second kappa shape index (κ2) is 8.21. The van der Waals surface area contributed by atoms with Gasteiger partial charge in [-0.2, -0.15) is 0 Å². The van der Waals surface area contributed by atoms with Gasteiger partial charge in [-0.15, -0.1) is 0 Å². The molecule has 29 heavy (non-hydrogen) atoms. The third kappa shape index (κ3) is 4.40. The van der Waals surface area contributed by atoms with E-state index < -0.39 is 5.60 Å². The van der Waals surface area contributed by atoms with Crippen LogP contribution in [-0.2, 0) is 14.3 Å². The van der Waals surface area contributed by atoms with Gasteiger partial charge in [0.05, 0.1) is 12.1 Å². The van der Waals surface area contributed by atoms with Crippen molar-refractivity contribution >= 4 is 17.5 Å². The molecule has 2 aromatic rings. The molecular formula is C22H23FN2O4. The quantitative estimate of drug-likeness (QED) is 0.795. The van der Waals surface area contributed by atoms with Gasteiger partial charge in [-0.3, -0.25) is 9.59 Å². The summed E-state index contributed by atoms with van der Waals surface area (Å²) in [7, 11) is 0. The fourth-order valence-electron chi connectivity index (χ4n) is 3.79. The smallest absolute Gasteiger partial charge is 0.260 e. The average Bonchev–Trinajstić information content (AvgIpc) is 2.76. The lowest BCUT2D eigenvalue weighted by Crippen LogP contribution is -2.59. The van der Waals surface area contributed by atoms with Crippen molar-refractivity contribution in [3.8, 4) is 5.75 Å². The molecule has 2 aromatic carbocycles. The SMILES string of the molecule is O=C(COc1ccccc1)N1CCC2(CC1)CN(c1ccc(F)cc1)C(=O)CO2. The van der Waals surface area contributed by atoms with Crippen molar-refractivity contribution in [1.82, 2.24) is 4.90 Å². The molecule has 6 nitrogen and oxygen atoms in total. The van der Waals surface area contributed by atoms with E-state index in [0.29, 0.717) is 43.9 Å². The summed E-state index contributed by atoms with van der Waals surface area (Å²) in [6.45, 7) is 1.48.